The fraction of sp³-hybridized carbons (Fsp3) is 0.429. The predicted molar refractivity (Wildman–Crippen MR) is 141 cm³/mol. The largest absolute Gasteiger partial charge is 0.497 e. The van der Waals surface area contributed by atoms with Crippen LogP contribution in [0.3, 0.4) is 0 Å². The molecule has 4 rings (SSSR count). The van der Waals surface area contributed by atoms with E-state index in [1.807, 2.05) is 42.5 Å². The second kappa shape index (κ2) is 12.4. The molecule has 2 aromatic carbocycles. The molecular formula is C28H33FN2O4S. The second-order valence-corrected chi connectivity index (χ2v) is 10.2. The molecule has 0 amide bonds. The minimum Gasteiger partial charge on any atom is -0.497 e. The number of carboxylic acids is 1. The van der Waals surface area contributed by atoms with Crippen molar-refractivity contribution in [1.29, 1.82) is 0 Å². The number of thioether (sulfide) groups is 1. The van der Waals surface area contributed by atoms with E-state index in [2.05, 4.69) is 9.88 Å². The molecule has 6 nitrogen and oxygen atoms in total. The van der Waals surface area contributed by atoms with Crippen LogP contribution in [0.1, 0.15) is 37.4 Å². The van der Waals surface area contributed by atoms with Crippen LogP contribution in [0.4, 0.5) is 4.39 Å². The zero-order chi connectivity index (χ0) is 25.5. The van der Waals surface area contributed by atoms with Crippen molar-refractivity contribution in [2.24, 2.45) is 5.92 Å². The molecule has 0 bridgehead atoms. The number of para-hydroxylation sites is 1. The Labute approximate surface area is 215 Å². The molecule has 36 heavy (non-hydrogen) atoms. The summed E-state index contributed by atoms with van der Waals surface area (Å²) in [6.07, 6.45) is 2.59. The highest BCUT2D eigenvalue weighted by molar-refractivity contribution is 7.99. The van der Waals surface area contributed by atoms with E-state index in [-0.39, 0.29) is 12.5 Å². The molecule has 1 fully saturated rings. The van der Waals surface area contributed by atoms with Gasteiger partial charge in [-0.3, -0.25) is 14.7 Å². The van der Waals surface area contributed by atoms with E-state index in [4.69, 9.17) is 9.47 Å². The molecule has 0 saturated carbocycles. The summed E-state index contributed by atoms with van der Waals surface area (Å²) >= 11 is 1.70. The van der Waals surface area contributed by atoms with Gasteiger partial charge in [-0.25, -0.2) is 4.39 Å². The minimum atomic E-state index is -1.22. The number of carbonyl (C=O) groups is 1. The van der Waals surface area contributed by atoms with Gasteiger partial charge < -0.3 is 14.6 Å². The van der Waals surface area contributed by atoms with Crippen LogP contribution in [0.15, 0.2) is 59.6 Å². The number of methoxy groups -OCH3 is 2. The molecule has 3 aromatic rings. The highest BCUT2D eigenvalue weighted by atomic mass is 32.2. The number of alkyl halides is 1. The van der Waals surface area contributed by atoms with Crippen molar-refractivity contribution in [3.8, 4) is 11.5 Å². The Balaban J connectivity index is 1.45. The van der Waals surface area contributed by atoms with Crippen molar-refractivity contribution < 1.29 is 23.8 Å². The number of halogens is 1. The maximum Gasteiger partial charge on any atom is 0.308 e. The number of aromatic nitrogens is 1. The lowest BCUT2D eigenvalue weighted by molar-refractivity contribution is -0.146. The van der Waals surface area contributed by atoms with Crippen molar-refractivity contribution in [2.45, 2.75) is 42.8 Å². The van der Waals surface area contributed by atoms with E-state index in [1.165, 1.54) is 0 Å². The van der Waals surface area contributed by atoms with E-state index in [0.717, 1.165) is 41.3 Å². The van der Waals surface area contributed by atoms with Crippen molar-refractivity contribution in [3.63, 3.8) is 0 Å². The lowest BCUT2D eigenvalue weighted by atomic mass is 9.85. The van der Waals surface area contributed by atoms with E-state index >= 15 is 4.39 Å². The Morgan fingerprint density at radius 3 is 2.83 bits per heavy atom. The summed E-state index contributed by atoms with van der Waals surface area (Å²) in [4.78, 5) is 19.7. The van der Waals surface area contributed by atoms with Gasteiger partial charge >= 0.3 is 5.97 Å². The Kier molecular flexibility index (Phi) is 9.04. The van der Waals surface area contributed by atoms with E-state index < -0.39 is 18.1 Å². The van der Waals surface area contributed by atoms with Gasteiger partial charge in [-0.2, -0.15) is 0 Å². The SMILES string of the molecule is COc1ccc2nccc(C(F)CCC3C(C(=O)O)CCCN3CCSc3ccccc3OC)c2c1. The topological polar surface area (TPSA) is 71.9 Å². The molecule has 2 heterocycles. The number of hydrogen-bond donors (Lipinski definition) is 1. The van der Waals surface area contributed by atoms with Crippen LogP contribution >= 0.6 is 11.8 Å². The van der Waals surface area contributed by atoms with Crippen molar-refractivity contribution >= 4 is 28.6 Å². The molecule has 8 heteroatoms. The van der Waals surface area contributed by atoms with Crippen LogP contribution in [-0.4, -0.2) is 60.1 Å². The molecule has 1 N–H and O–H groups in total. The Morgan fingerprint density at radius 1 is 1.22 bits per heavy atom. The lowest BCUT2D eigenvalue weighted by Crippen LogP contribution is -2.48. The summed E-state index contributed by atoms with van der Waals surface area (Å²) in [7, 11) is 3.24. The molecule has 0 spiro atoms. The maximum absolute atomic E-state index is 15.6. The normalized spacial score (nSPS) is 19.2. The van der Waals surface area contributed by atoms with E-state index in [1.54, 1.807) is 38.2 Å². The Bertz CT molecular complexity index is 1180. The number of carboxylic acid groups (broad SMARTS) is 1. The number of pyridine rings is 1. The number of piperidine rings is 1. The van der Waals surface area contributed by atoms with Gasteiger partial charge in [0.25, 0.3) is 0 Å². The zero-order valence-corrected chi connectivity index (χ0v) is 21.5. The lowest BCUT2D eigenvalue weighted by Gasteiger charge is -2.40. The van der Waals surface area contributed by atoms with Crippen LogP contribution < -0.4 is 9.47 Å². The van der Waals surface area contributed by atoms with Crippen molar-refractivity contribution in [2.75, 3.05) is 33.1 Å². The van der Waals surface area contributed by atoms with Crippen molar-refractivity contribution in [3.05, 3.63) is 60.3 Å². The summed E-state index contributed by atoms with van der Waals surface area (Å²) in [5, 5.41) is 10.6. The number of hydrogen-bond acceptors (Lipinski definition) is 6. The Morgan fingerprint density at radius 2 is 2.06 bits per heavy atom. The number of rotatable bonds is 11. The van der Waals surface area contributed by atoms with Crippen LogP contribution in [-0.2, 0) is 4.79 Å². The highest BCUT2D eigenvalue weighted by Gasteiger charge is 2.36. The van der Waals surface area contributed by atoms with Gasteiger partial charge in [0.1, 0.15) is 17.7 Å². The quantitative estimate of drug-likeness (QED) is 0.316. The first-order chi connectivity index (χ1) is 17.5. The Hall–Kier alpha value is -2.84. The van der Waals surface area contributed by atoms with Gasteiger partial charge in [-0.05, 0) is 74.2 Å². The van der Waals surface area contributed by atoms with Crippen LogP contribution in [0.5, 0.6) is 11.5 Å². The van der Waals surface area contributed by atoms with E-state index in [9.17, 15) is 9.90 Å². The average molecular weight is 513 g/mol. The monoisotopic (exact) mass is 512 g/mol. The number of benzene rings is 2. The first-order valence-electron chi connectivity index (χ1n) is 12.3. The second-order valence-electron chi connectivity index (χ2n) is 9.02. The average Bonchev–Trinajstić information content (AvgIpc) is 2.91. The molecular weight excluding hydrogens is 479 g/mol. The molecule has 0 radical (unpaired) electrons. The molecule has 3 unspecified atom stereocenters. The fourth-order valence-corrected chi connectivity index (χ4v) is 6.12. The molecule has 1 aliphatic rings. The summed E-state index contributed by atoms with van der Waals surface area (Å²) in [5.41, 5.74) is 1.28. The zero-order valence-electron chi connectivity index (χ0n) is 20.7. The van der Waals surface area contributed by atoms with Gasteiger partial charge in [0.05, 0.1) is 25.7 Å². The predicted octanol–water partition coefficient (Wildman–Crippen LogP) is 6.00. The van der Waals surface area contributed by atoms with Gasteiger partial charge in [-0.1, -0.05) is 12.1 Å². The number of ether oxygens (including phenoxy) is 2. The minimum absolute atomic E-state index is 0.199. The fourth-order valence-electron chi connectivity index (χ4n) is 5.11. The third-order valence-electron chi connectivity index (χ3n) is 6.95. The van der Waals surface area contributed by atoms with Gasteiger partial charge in [0, 0.05) is 34.8 Å². The van der Waals surface area contributed by atoms with Crippen LogP contribution in [0, 0.1) is 5.92 Å². The number of nitrogens with zero attached hydrogens (tertiary/aromatic N) is 2. The number of aliphatic carboxylic acids is 1. The standard InChI is InChI=1S/C28H33FN2O4S/c1-34-19-9-11-24-22(18-19)20(13-14-30-24)23(29)10-12-25-21(28(32)33)6-5-15-31(25)16-17-36-27-8-4-3-7-26(27)35-2/h3-4,7-9,11,13-14,18,21,23,25H,5-6,10,12,15-17H2,1-2H3,(H,32,33). The summed E-state index contributed by atoms with van der Waals surface area (Å²) < 4.78 is 26.4. The third-order valence-corrected chi connectivity index (χ3v) is 7.99. The van der Waals surface area contributed by atoms with Gasteiger partial charge in [0.2, 0.25) is 0 Å². The van der Waals surface area contributed by atoms with Crippen LogP contribution in [0.2, 0.25) is 0 Å². The third kappa shape index (κ3) is 6.10. The van der Waals surface area contributed by atoms with Crippen LogP contribution in [0.25, 0.3) is 10.9 Å². The van der Waals surface area contributed by atoms with Gasteiger partial charge in [-0.15, -0.1) is 11.8 Å². The summed E-state index contributed by atoms with van der Waals surface area (Å²) in [6, 6.07) is 14.8. The first-order valence-corrected chi connectivity index (χ1v) is 13.3. The van der Waals surface area contributed by atoms with E-state index in [0.29, 0.717) is 29.7 Å². The van der Waals surface area contributed by atoms with Gasteiger partial charge in [0.15, 0.2) is 0 Å². The number of likely N-dealkylation sites (tertiary alicyclic amines) is 1. The maximum atomic E-state index is 15.6. The first kappa shape index (κ1) is 26.2. The summed E-state index contributed by atoms with van der Waals surface area (Å²) in [6.45, 7) is 1.57. The molecule has 1 saturated heterocycles. The molecule has 192 valence electrons. The molecule has 3 atom stereocenters. The van der Waals surface area contributed by atoms with Crippen molar-refractivity contribution in [1.82, 2.24) is 9.88 Å². The number of fused-ring (bicyclic) bond motifs is 1. The smallest absolute Gasteiger partial charge is 0.308 e. The highest BCUT2D eigenvalue weighted by Crippen LogP contribution is 2.35. The molecule has 1 aromatic heterocycles. The summed E-state index contributed by atoms with van der Waals surface area (Å²) in [5.74, 6) is 1.01. The molecule has 0 aliphatic carbocycles. The molecule has 1 aliphatic heterocycles.